The van der Waals surface area contributed by atoms with Crippen molar-refractivity contribution in [3.8, 4) is 0 Å². The predicted molar refractivity (Wildman–Crippen MR) is 43.8 cm³/mol. The van der Waals surface area contributed by atoms with Crippen molar-refractivity contribution in [2.75, 3.05) is 0 Å². The minimum absolute atomic E-state index is 0.883. The normalized spacial score (nSPS) is 35.7. The lowest BCUT2D eigenvalue weighted by atomic mass is 9.96. The molecule has 2 rings (SSSR count). The van der Waals surface area contributed by atoms with E-state index >= 15 is 0 Å². The molecule has 2 fully saturated rings. The highest BCUT2D eigenvalue weighted by molar-refractivity contribution is 5.05. The maximum absolute atomic E-state index is 2.39. The molecule has 0 aliphatic heterocycles. The lowest BCUT2D eigenvalue weighted by Gasteiger charge is -2.09. The van der Waals surface area contributed by atoms with E-state index in [0.29, 0.717) is 0 Å². The van der Waals surface area contributed by atoms with Gasteiger partial charge in [0.2, 0.25) is 0 Å². The molecule has 58 valence electrons. The molecule has 0 aromatic rings. The maximum atomic E-state index is 2.39. The summed E-state index contributed by atoms with van der Waals surface area (Å²) in [5.74, 6) is 2.06. The van der Waals surface area contributed by atoms with E-state index in [-0.39, 0.29) is 0 Å². The molecule has 1 spiro atoms. The van der Waals surface area contributed by atoms with Crippen LogP contribution in [-0.4, -0.2) is 0 Å². The van der Waals surface area contributed by atoms with Gasteiger partial charge in [0.15, 0.2) is 0 Å². The average molecular weight is 138 g/mol. The average Bonchev–Trinajstić information content (AvgIpc) is 2.32. The minimum Gasteiger partial charge on any atom is -0.0625 e. The first-order chi connectivity index (χ1) is 4.75. The summed E-state index contributed by atoms with van der Waals surface area (Å²) in [7, 11) is 0. The largest absolute Gasteiger partial charge is 0.0625 e. The van der Waals surface area contributed by atoms with Gasteiger partial charge < -0.3 is 0 Å². The molecule has 1 atom stereocenters. The molecule has 10 heavy (non-hydrogen) atoms. The van der Waals surface area contributed by atoms with Crippen molar-refractivity contribution in [1.29, 1.82) is 0 Å². The monoisotopic (exact) mass is 138 g/mol. The molecule has 0 bridgehead atoms. The Labute approximate surface area is 64.0 Å². The lowest BCUT2D eigenvalue weighted by molar-refractivity contribution is 0.401. The second-order valence-corrected chi connectivity index (χ2v) is 4.62. The SMILES string of the molecule is CC(C)C1CC12CCCC2. The smallest absolute Gasteiger partial charge is 0.0264 e. The van der Waals surface area contributed by atoms with Crippen LogP contribution in [0.15, 0.2) is 0 Å². The second-order valence-electron chi connectivity index (χ2n) is 4.62. The second kappa shape index (κ2) is 1.99. The number of hydrogen-bond acceptors (Lipinski definition) is 0. The van der Waals surface area contributed by atoms with E-state index in [1.807, 2.05) is 0 Å². The molecule has 2 saturated carbocycles. The predicted octanol–water partition coefficient (Wildman–Crippen LogP) is 3.22. The molecule has 0 aromatic carbocycles. The third kappa shape index (κ3) is 0.810. The summed E-state index contributed by atoms with van der Waals surface area (Å²) in [6.07, 6.45) is 7.70. The Balaban J connectivity index is 1.97. The molecule has 0 amide bonds. The molecule has 2 aliphatic carbocycles. The van der Waals surface area contributed by atoms with E-state index in [2.05, 4.69) is 13.8 Å². The van der Waals surface area contributed by atoms with Gasteiger partial charge in [-0.25, -0.2) is 0 Å². The Morgan fingerprint density at radius 1 is 1.20 bits per heavy atom. The molecule has 0 heterocycles. The van der Waals surface area contributed by atoms with Gasteiger partial charge in [0.25, 0.3) is 0 Å². The van der Waals surface area contributed by atoms with Crippen LogP contribution in [0.3, 0.4) is 0 Å². The lowest BCUT2D eigenvalue weighted by Crippen LogP contribution is -2.01. The van der Waals surface area contributed by atoms with E-state index in [1.165, 1.54) is 12.8 Å². The molecular formula is C10H18. The van der Waals surface area contributed by atoms with Crippen LogP contribution in [0.4, 0.5) is 0 Å². The van der Waals surface area contributed by atoms with Crippen molar-refractivity contribution in [3.05, 3.63) is 0 Å². The van der Waals surface area contributed by atoms with Crippen LogP contribution in [0.1, 0.15) is 46.0 Å². The first-order valence-electron chi connectivity index (χ1n) is 4.75. The maximum Gasteiger partial charge on any atom is -0.0264 e. The molecular weight excluding hydrogens is 120 g/mol. The zero-order valence-corrected chi connectivity index (χ0v) is 7.19. The van der Waals surface area contributed by atoms with Crippen LogP contribution in [0.2, 0.25) is 0 Å². The fraction of sp³-hybridized carbons (Fsp3) is 1.00. The highest BCUT2D eigenvalue weighted by Gasteiger charge is 2.55. The molecule has 0 N–H and O–H groups in total. The summed E-state index contributed by atoms with van der Waals surface area (Å²) in [6, 6.07) is 0. The summed E-state index contributed by atoms with van der Waals surface area (Å²) < 4.78 is 0. The van der Waals surface area contributed by atoms with Crippen LogP contribution < -0.4 is 0 Å². The minimum atomic E-state index is 0.883. The Morgan fingerprint density at radius 2 is 1.80 bits per heavy atom. The van der Waals surface area contributed by atoms with Crippen LogP contribution >= 0.6 is 0 Å². The zero-order valence-electron chi connectivity index (χ0n) is 7.19. The van der Waals surface area contributed by atoms with E-state index < -0.39 is 0 Å². The highest BCUT2D eigenvalue weighted by Crippen LogP contribution is 2.65. The molecule has 0 heteroatoms. The van der Waals surface area contributed by atoms with Gasteiger partial charge in [0, 0.05) is 0 Å². The first-order valence-corrected chi connectivity index (χ1v) is 4.75. The fourth-order valence-corrected chi connectivity index (χ4v) is 2.98. The van der Waals surface area contributed by atoms with Crippen LogP contribution in [0, 0.1) is 17.3 Å². The van der Waals surface area contributed by atoms with Crippen LogP contribution in [-0.2, 0) is 0 Å². The topological polar surface area (TPSA) is 0 Å². The van der Waals surface area contributed by atoms with Crippen LogP contribution in [0.5, 0.6) is 0 Å². The van der Waals surface area contributed by atoms with Crippen molar-refractivity contribution in [1.82, 2.24) is 0 Å². The standard InChI is InChI=1S/C10H18/c1-8(2)9-7-10(9)5-3-4-6-10/h8-9H,3-7H2,1-2H3. The summed E-state index contributed by atoms with van der Waals surface area (Å²) >= 11 is 0. The highest BCUT2D eigenvalue weighted by atomic mass is 14.6. The number of hydrogen-bond donors (Lipinski definition) is 0. The summed E-state index contributed by atoms with van der Waals surface area (Å²) in [6.45, 7) is 4.77. The molecule has 0 radical (unpaired) electrons. The Kier molecular flexibility index (Phi) is 1.33. The van der Waals surface area contributed by atoms with Crippen molar-refractivity contribution in [2.45, 2.75) is 46.0 Å². The Morgan fingerprint density at radius 3 is 2.20 bits per heavy atom. The third-order valence-electron chi connectivity index (χ3n) is 3.66. The van der Waals surface area contributed by atoms with Gasteiger partial charge in [-0.05, 0) is 36.5 Å². The van der Waals surface area contributed by atoms with Crippen molar-refractivity contribution in [2.24, 2.45) is 17.3 Å². The van der Waals surface area contributed by atoms with E-state index in [0.717, 1.165) is 17.3 Å². The van der Waals surface area contributed by atoms with Gasteiger partial charge >= 0.3 is 0 Å². The third-order valence-corrected chi connectivity index (χ3v) is 3.66. The van der Waals surface area contributed by atoms with E-state index in [1.54, 1.807) is 19.3 Å². The molecule has 0 nitrogen and oxygen atoms in total. The van der Waals surface area contributed by atoms with Gasteiger partial charge in [0.1, 0.15) is 0 Å². The van der Waals surface area contributed by atoms with Crippen molar-refractivity contribution < 1.29 is 0 Å². The number of rotatable bonds is 1. The summed E-state index contributed by atoms with van der Waals surface area (Å²) in [5.41, 5.74) is 0.883. The van der Waals surface area contributed by atoms with Gasteiger partial charge in [-0.3, -0.25) is 0 Å². The molecule has 2 aliphatic rings. The van der Waals surface area contributed by atoms with E-state index in [9.17, 15) is 0 Å². The Bertz CT molecular complexity index is 129. The van der Waals surface area contributed by atoms with Gasteiger partial charge in [-0.2, -0.15) is 0 Å². The molecule has 1 unspecified atom stereocenters. The summed E-state index contributed by atoms with van der Waals surface area (Å²) in [4.78, 5) is 0. The van der Waals surface area contributed by atoms with Gasteiger partial charge in [0.05, 0.1) is 0 Å². The summed E-state index contributed by atoms with van der Waals surface area (Å²) in [5, 5.41) is 0. The van der Waals surface area contributed by atoms with E-state index in [4.69, 9.17) is 0 Å². The van der Waals surface area contributed by atoms with Gasteiger partial charge in [-0.15, -0.1) is 0 Å². The fourth-order valence-electron chi connectivity index (χ4n) is 2.98. The van der Waals surface area contributed by atoms with Gasteiger partial charge in [-0.1, -0.05) is 26.7 Å². The molecule has 0 saturated heterocycles. The molecule has 0 aromatic heterocycles. The zero-order chi connectivity index (χ0) is 7.19. The quantitative estimate of drug-likeness (QED) is 0.522. The van der Waals surface area contributed by atoms with Crippen LogP contribution in [0.25, 0.3) is 0 Å². The van der Waals surface area contributed by atoms with Crippen molar-refractivity contribution in [3.63, 3.8) is 0 Å². The van der Waals surface area contributed by atoms with Crippen molar-refractivity contribution >= 4 is 0 Å². The first kappa shape index (κ1) is 6.69. The Hall–Kier alpha value is 0.